The number of aryl methyl sites for hydroxylation is 1. The molecule has 1 aromatic rings. The van der Waals surface area contributed by atoms with E-state index < -0.39 is 0 Å². The third kappa shape index (κ3) is 3.23. The van der Waals surface area contributed by atoms with E-state index in [0.717, 1.165) is 22.7 Å². The largest absolute Gasteiger partial charge is 0.507 e. The topological polar surface area (TPSA) is 32.3 Å². The van der Waals surface area contributed by atoms with Crippen LogP contribution in [0.15, 0.2) is 12.1 Å². The van der Waals surface area contributed by atoms with Crippen LogP contribution in [0, 0.1) is 25.2 Å². The van der Waals surface area contributed by atoms with Gasteiger partial charge in [-0.15, -0.1) is 0 Å². The molecule has 2 N–H and O–H groups in total. The van der Waals surface area contributed by atoms with Gasteiger partial charge < -0.3 is 10.4 Å². The maximum atomic E-state index is 10.0. The summed E-state index contributed by atoms with van der Waals surface area (Å²) in [6.07, 6.45) is 3.73. The molecule has 2 atom stereocenters. The predicted octanol–water partition coefficient (Wildman–Crippen LogP) is 4.64. The number of anilines is 1. The van der Waals surface area contributed by atoms with E-state index in [1.807, 2.05) is 19.9 Å². The Morgan fingerprint density at radius 2 is 1.89 bits per heavy atom. The van der Waals surface area contributed by atoms with Crippen molar-refractivity contribution in [3.63, 3.8) is 0 Å². The zero-order valence-corrected chi connectivity index (χ0v) is 12.9. The smallest absolute Gasteiger partial charge is 0.123 e. The molecule has 1 saturated carbocycles. The molecule has 0 spiro atoms. The van der Waals surface area contributed by atoms with E-state index in [2.05, 4.69) is 32.2 Å². The average molecular weight is 261 g/mol. The molecule has 2 nitrogen and oxygen atoms in total. The highest BCUT2D eigenvalue weighted by atomic mass is 16.3. The number of rotatable bonds is 2. The minimum absolute atomic E-state index is 0.413. The van der Waals surface area contributed by atoms with Crippen molar-refractivity contribution in [1.29, 1.82) is 0 Å². The number of benzene rings is 1. The van der Waals surface area contributed by atoms with Crippen LogP contribution in [0.2, 0.25) is 0 Å². The molecule has 0 bridgehead atoms. The first-order chi connectivity index (χ1) is 8.78. The monoisotopic (exact) mass is 261 g/mol. The quantitative estimate of drug-likeness (QED) is 0.813. The molecular weight excluding hydrogens is 234 g/mol. The summed E-state index contributed by atoms with van der Waals surface area (Å²) in [4.78, 5) is 0. The van der Waals surface area contributed by atoms with E-state index >= 15 is 0 Å². The first-order valence-corrected chi connectivity index (χ1v) is 7.34. The molecule has 106 valence electrons. The molecular formula is C17H27NO. The molecule has 1 aliphatic rings. The zero-order valence-electron chi connectivity index (χ0n) is 12.9. The first kappa shape index (κ1) is 14.2. The minimum atomic E-state index is 0.413. The van der Waals surface area contributed by atoms with Crippen LogP contribution in [0.5, 0.6) is 5.75 Å². The molecule has 0 saturated heterocycles. The second-order valence-corrected chi connectivity index (χ2v) is 7.16. The van der Waals surface area contributed by atoms with Crippen molar-refractivity contribution in [3.05, 3.63) is 23.3 Å². The van der Waals surface area contributed by atoms with Crippen molar-refractivity contribution < 1.29 is 5.11 Å². The van der Waals surface area contributed by atoms with E-state index in [9.17, 15) is 5.11 Å². The fourth-order valence-corrected chi connectivity index (χ4v) is 3.67. The summed E-state index contributed by atoms with van der Waals surface area (Å²) in [6.45, 7) is 11.0. The van der Waals surface area contributed by atoms with E-state index in [-0.39, 0.29) is 0 Å². The third-order valence-corrected chi connectivity index (χ3v) is 4.38. The van der Waals surface area contributed by atoms with Crippen molar-refractivity contribution in [3.8, 4) is 5.75 Å². The second kappa shape index (κ2) is 5.07. The van der Waals surface area contributed by atoms with Crippen LogP contribution < -0.4 is 5.32 Å². The van der Waals surface area contributed by atoms with E-state index in [1.54, 1.807) is 0 Å². The van der Waals surface area contributed by atoms with Crippen molar-refractivity contribution in [2.45, 2.75) is 59.9 Å². The third-order valence-electron chi connectivity index (χ3n) is 4.38. The Labute approximate surface area is 117 Å². The van der Waals surface area contributed by atoms with Gasteiger partial charge in [-0.1, -0.05) is 26.8 Å². The summed E-state index contributed by atoms with van der Waals surface area (Å²) >= 11 is 0. The highest BCUT2D eigenvalue weighted by molar-refractivity contribution is 5.59. The Kier molecular flexibility index (Phi) is 3.80. The van der Waals surface area contributed by atoms with Crippen LogP contribution in [-0.4, -0.2) is 11.1 Å². The molecule has 0 aliphatic heterocycles. The number of hydrogen-bond acceptors (Lipinski definition) is 2. The van der Waals surface area contributed by atoms with Crippen LogP contribution in [0.1, 0.15) is 51.2 Å². The van der Waals surface area contributed by atoms with Crippen molar-refractivity contribution in [2.24, 2.45) is 11.3 Å². The maximum absolute atomic E-state index is 10.0. The minimum Gasteiger partial charge on any atom is -0.507 e. The molecule has 2 heteroatoms. The highest BCUT2D eigenvalue weighted by Crippen LogP contribution is 2.40. The van der Waals surface area contributed by atoms with Crippen LogP contribution in [-0.2, 0) is 0 Å². The Hall–Kier alpha value is -1.18. The van der Waals surface area contributed by atoms with Gasteiger partial charge in [-0.3, -0.25) is 0 Å². The zero-order chi connectivity index (χ0) is 14.2. The first-order valence-electron chi connectivity index (χ1n) is 7.34. The molecule has 19 heavy (non-hydrogen) atoms. The van der Waals surface area contributed by atoms with Crippen LogP contribution in [0.3, 0.4) is 0 Å². The number of nitrogens with one attached hydrogen (secondary N) is 1. The Morgan fingerprint density at radius 1 is 1.21 bits per heavy atom. The van der Waals surface area contributed by atoms with Crippen molar-refractivity contribution in [1.82, 2.24) is 0 Å². The summed E-state index contributed by atoms with van der Waals surface area (Å²) < 4.78 is 0. The molecule has 0 amide bonds. The Bertz CT molecular complexity index is 465. The van der Waals surface area contributed by atoms with Gasteiger partial charge in [0.1, 0.15) is 5.75 Å². The lowest BCUT2D eigenvalue weighted by atomic mass is 9.70. The van der Waals surface area contributed by atoms with Gasteiger partial charge in [0.15, 0.2) is 0 Å². The second-order valence-electron chi connectivity index (χ2n) is 7.16. The fraction of sp³-hybridized carbons (Fsp3) is 0.647. The normalized spacial score (nSPS) is 26.2. The van der Waals surface area contributed by atoms with Crippen LogP contribution in [0.25, 0.3) is 0 Å². The lowest BCUT2D eigenvalue weighted by Crippen LogP contribution is -2.35. The maximum Gasteiger partial charge on any atom is 0.123 e. The van der Waals surface area contributed by atoms with Gasteiger partial charge in [-0.25, -0.2) is 0 Å². The van der Waals surface area contributed by atoms with Gasteiger partial charge >= 0.3 is 0 Å². The molecule has 1 fully saturated rings. The SMILES string of the molecule is Cc1ccc(NC2CC(C)CC(C)(C)C2)c(C)c1O. The lowest BCUT2D eigenvalue weighted by molar-refractivity contribution is 0.178. The van der Waals surface area contributed by atoms with E-state index in [1.165, 1.54) is 19.3 Å². The number of phenols is 1. The summed E-state index contributed by atoms with van der Waals surface area (Å²) in [5, 5.41) is 13.7. The van der Waals surface area contributed by atoms with Gasteiger partial charge in [0, 0.05) is 17.3 Å². The van der Waals surface area contributed by atoms with Crippen molar-refractivity contribution >= 4 is 5.69 Å². The highest BCUT2D eigenvalue weighted by Gasteiger charge is 2.32. The Balaban J connectivity index is 2.15. The predicted molar refractivity (Wildman–Crippen MR) is 81.8 cm³/mol. The Morgan fingerprint density at radius 3 is 2.53 bits per heavy atom. The molecule has 2 unspecified atom stereocenters. The van der Waals surface area contributed by atoms with Gasteiger partial charge in [-0.05, 0) is 56.1 Å². The van der Waals surface area contributed by atoms with E-state index in [0.29, 0.717) is 17.2 Å². The van der Waals surface area contributed by atoms with Gasteiger partial charge in [-0.2, -0.15) is 0 Å². The summed E-state index contributed by atoms with van der Waals surface area (Å²) in [7, 11) is 0. The van der Waals surface area contributed by atoms with Gasteiger partial charge in [0.05, 0.1) is 0 Å². The molecule has 1 aliphatic carbocycles. The molecule has 0 aromatic heterocycles. The van der Waals surface area contributed by atoms with Gasteiger partial charge in [0.25, 0.3) is 0 Å². The van der Waals surface area contributed by atoms with Crippen LogP contribution in [0.4, 0.5) is 5.69 Å². The number of aromatic hydroxyl groups is 1. The average Bonchev–Trinajstić information content (AvgIpc) is 2.27. The number of hydrogen-bond donors (Lipinski definition) is 2. The summed E-state index contributed by atoms with van der Waals surface area (Å²) in [6, 6.07) is 4.60. The molecule has 0 radical (unpaired) electrons. The molecule has 1 aromatic carbocycles. The fourth-order valence-electron chi connectivity index (χ4n) is 3.67. The summed E-state index contributed by atoms with van der Waals surface area (Å²) in [5.74, 6) is 1.19. The molecule has 0 heterocycles. The standard InChI is InChI=1S/C17H27NO/c1-11-8-14(10-17(4,5)9-11)18-15-7-6-12(2)16(19)13(15)3/h6-7,11,14,18-19H,8-10H2,1-5H3. The van der Waals surface area contributed by atoms with Crippen molar-refractivity contribution in [2.75, 3.05) is 5.32 Å². The summed E-state index contributed by atoms with van der Waals surface area (Å²) in [5.41, 5.74) is 3.41. The molecule has 2 rings (SSSR count). The number of phenolic OH excluding ortho intramolecular Hbond substituents is 1. The lowest BCUT2D eigenvalue weighted by Gasteiger charge is -2.40. The van der Waals surface area contributed by atoms with Crippen LogP contribution >= 0.6 is 0 Å². The van der Waals surface area contributed by atoms with Gasteiger partial charge in [0.2, 0.25) is 0 Å². The van der Waals surface area contributed by atoms with E-state index in [4.69, 9.17) is 0 Å².